The van der Waals surface area contributed by atoms with Crippen LogP contribution in [0.3, 0.4) is 0 Å². The van der Waals surface area contributed by atoms with Crippen molar-refractivity contribution >= 4 is 40.7 Å². The van der Waals surface area contributed by atoms with Crippen LogP contribution in [0.2, 0.25) is 0 Å². The summed E-state index contributed by atoms with van der Waals surface area (Å²) in [5.41, 5.74) is -1.34. The molecule has 0 bridgehead atoms. The number of halogens is 3. The number of benzene rings is 1. The van der Waals surface area contributed by atoms with Crippen LogP contribution in [0.5, 0.6) is 0 Å². The van der Waals surface area contributed by atoms with E-state index < -0.39 is 23.4 Å². The molecule has 0 spiro atoms. The third-order valence-corrected chi connectivity index (χ3v) is 7.29. The number of hydrogen-bond donors (Lipinski definition) is 1. The molecule has 2 amide bonds. The van der Waals surface area contributed by atoms with Crippen molar-refractivity contribution in [3.63, 3.8) is 0 Å². The Hall–Kier alpha value is -3.18. The van der Waals surface area contributed by atoms with Gasteiger partial charge < -0.3 is 10.0 Å². The quantitative estimate of drug-likeness (QED) is 0.622. The molecule has 0 radical (unpaired) electrons. The molecule has 11 heteroatoms. The van der Waals surface area contributed by atoms with E-state index in [2.05, 4.69) is 9.98 Å². The lowest BCUT2D eigenvalue weighted by Crippen LogP contribution is -2.47. The molecular weight excluding hydrogens is 493 g/mol. The molecule has 188 valence electrons. The average Bonchev–Trinajstić information content (AvgIpc) is 3.19. The number of thiocarbonyl (C=S) groups is 1. The van der Waals surface area contributed by atoms with E-state index >= 15 is 0 Å². The van der Waals surface area contributed by atoms with Gasteiger partial charge in [-0.1, -0.05) is 30.4 Å². The molecule has 1 aliphatic carbocycles. The molecule has 7 nitrogen and oxygen atoms in total. The number of likely N-dealkylation sites (tertiary alicyclic amines) is 1. The summed E-state index contributed by atoms with van der Waals surface area (Å²) in [7, 11) is 0. The maximum Gasteiger partial charge on any atom is 0.416 e. The lowest BCUT2D eigenvalue weighted by atomic mass is 9.83. The smallest absolute Gasteiger partial charge is 0.385 e. The van der Waals surface area contributed by atoms with E-state index in [1.54, 1.807) is 4.90 Å². The van der Waals surface area contributed by atoms with Crippen molar-refractivity contribution in [3.8, 4) is 0 Å². The molecule has 1 N–H and O–H groups in total. The average molecular weight is 517 g/mol. The second kappa shape index (κ2) is 9.04. The van der Waals surface area contributed by atoms with E-state index in [9.17, 15) is 27.9 Å². The molecule has 1 saturated heterocycles. The van der Waals surface area contributed by atoms with Gasteiger partial charge >= 0.3 is 6.18 Å². The number of allylic oxidation sites excluding steroid dienone is 3. The Morgan fingerprint density at radius 3 is 2.69 bits per heavy atom. The highest BCUT2D eigenvalue weighted by molar-refractivity contribution is 7.80. The van der Waals surface area contributed by atoms with Crippen molar-refractivity contribution in [1.29, 1.82) is 0 Å². The first-order valence-electron chi connectivity index (χ1n) is 11.6. The minimum atomic E-state index is -4.50. The molecule has 0 saturated carbocycles. The number of carbonyl (C=O) groups excluding carboxylic acids is 2. The number of nitrogens with zero attached hydrogens (tertiary/aromatic N) is 4. The van der Waals surface area contributed by atoms with Crippen molar-refractivity contribution in [2.24, 2.45) is 15.9 Å². The van der Waals surface area contributed by atoms with Gasteiger partial charge in [-0.15, -0.1) is 0 Å². The highest BCUT2D eigenvalue weighted by Gasteiger charge is 2.44. The molecule has 2 atom stereocenters. The maximum atomic E-state index is 13.1. The second-order valence-corrected chi connectivity index (χ2v) is 9.61. The first-order valence-corrected chi connectivity index (χ1v) is 12.0. The van der Waals surface area contributed by atoms with Gasteiger partial charge in [-0.25, -0.2) is 9.89 Å². The van der Waals surface area contributed by atoms with Gasteiger partial charge in [0.2, 0.25) is 11.0 Å². The van der Waals surface area contributed by atoms with Gasteiger partial charge in [0, 0.05) is 19.5 Å². The fourth-order valence-electron chi connectivity index (χ4n) is 4.97. The zero-order valence-electron chi connectivity index (χ0n) is 19.1. The fraction of sp³-hybridized carbons (Fsp3) is 0.400. The van der Waals surface area contributed by atoms with Crippen LogP contribution in [-0.4, -0.2) is 62.5 Å². The Morgan fingerprint density at radius 1 is 1.22 bits per heavy atom. The predicted octanol–water partition coefficient (Wildman–Crippen LogP) is 3.39. The summed E-state index contributed by atoms with van der Waals surface area (Å²) in [6.07, 6.45) is 3.44. The van der Waals surface area contributed by atoms with Crippen molar-refractivity contribution in [2.75, 3.05) is 13.1 Å². The van der Waals surface area contributed by atoms with Gasteiger partial charge in [0.1, 0.15) is 11.9 Å². The Kier molecular flexibility index (Phi) is 6.16. The molecule has 4 aliphatic rings. The minimum Gasteiger partial charge on any atom is -0.385 e. The standard InChI is InChI=1S/C25H23F3N4O3S/c26-25(27,28)16-5-3-4-15(14-16)24(35)10-12-31(13-11-24)20(33)9-8-19-22(34)32-21(29-19)17-6-1-2-7-18(17)30-23(32)36/h1-7,14,17,19,35H,8-13H2. The van der Waals surface area contributed by atoms with Gasteiger partial charge in [-0.2, -0.15) is 13.2 Å². The topological polar surface area (TPSA) is 85.6 Å². The van der Waals surface area contributed by atoms with Crippen molar-refractivity contribution < 1.29 is 27.9 Å². The summed E-state index contributed by atoms with van der Waals surface area (Å²) < 4.78 is 39.2. The number of carbonyl (C=O) groups is 2. The van der Waals surface area contributed by atoms with Gasteiger partial charge in [-0.3, -0.25) is 14.6 Å². The zero-order valence-corrected chi connectivity index (χ0v) is 19.9. The van der Waals surface area contributed by atoms with Crippen molar-refractivity contribution in [1.82, 2.24) is 9.80 Å². The lowest BCUT2D eigenvalue weighted by Gasteiger charge is -2.39. The normalized spacial score (nSPS) is 24.9. The number of rotatable bonds is 4. The molecular formula is C25H23F3N4O3S. The third-order valence-electron chi connectivity index (χ3n) is 7.02. The van der Waals surface area contributed by atoms with Crippen LogP contribution in [-0.2, 0) is 21.4 Å². The Bertz CT molecular complexity index is 1250. The predicted molar refractivity (Wildman–Crippen MR) is 130 cm³/mol. The number of alkyl halides is 3. The van der Waals surface area contributed by atoms with Crippen LogP contribution in [0.25, 0.3) is 0 Å². The number of aliphatic hydroxyl groups is 1. The number of amides is 2. The molecule has 2 unspecified atom stereocenters. The summed E-state index contributed by atoms with van der Waals surface area (Å²) in [4.78, 5) is 37.6. The van der Waals surface area contributed by atoms with Crippen LogP contribution < -0.4 is 0 Å². The monoisotopic (exact) mass is 516 g/mol. The SMILES string of the molecule is O=C(CCC1N=C2C3C=CC=CC3=NC(=S)N2C1=O)N1CCC(O)(c2cccc(C(F)(F)F)c2)CC1. The highest BCUT2D eigenvalue weighted by Crippen LogP contribution is 2.37. The molecule has 1 aromatic rings. The van der Waals surface area contributed by atoms with E-state index in [0.29, 0.717) is 5.84 Å². The molecule has 3 aliphatic heterocycles. The van der Waals surface area contributed by atoms with Gasteiger partial charge in [0.25, 0.3) is 5.91 Å². The molecule has 1 fully saturated rings. The van der Waals surface area contributed by atoms with Gasteiger partial charge in [-0.05, 0) is 55.3 Å². The number of piperidine rings is 1. The first kappa shape index (κ1) is 24.5. The van der Waals surface area contributed by atoms with Crippen LogP contribution in [0, 0.1) is 5.92 Å². The Balaban J connectivity index is 1.19. The van der Waals surface area contributed by atoms with Crippen molar-refractivity contribution in [2.45, 2.75) is 43.5 Å². The lowest BCUT2D eigenvalue weighted by molar-refractivity contribution is -0.137. The van der Waals surface area contributed by atoms with Gasteiger partial charge in [0.15, 0.2) is 0 Å². The second-order valence-electron chi connectivity index (χ2n) is 9.25. The maximum absolute atomic E-state index is 13.1. The molecule has 5 rings (SSSR count). The molecule has 3 heterocycles. The van der Waals surface area contributed by atoms with Crippen LogP contribution in [0.15, 0.2) is 58.6 Å². The van der Waals surface area contributed by atoms with Gasteiger partial charge in [0.05, 0.1) is 22.8 Å². The van der Waals surface area contributed by atoms with E-state index in [4.69, 9.17) is 12.2 Å². The summed E-state index contributed by atoms with van der Waals surface area (Å²) >= 11 is 5.29. The number of amidine groups is 1. The van der Waals surface area contributed by atoms with E-state index in [0.717, 1.165) is 17.8 Å². The van der Waals surface area contributed by atoms with E-state index in [1.165, 1.54) is 17.0 Å². The molecule has 1 aromatic carbocycles. The zero-order chi connectivity index (χ0) is 25.7. The number of fused-ring (bicyclic) bond motifs is 3. The number of aliphatic imine (C=N–C) groups is 2. The van der Waals surface area contributed by atoms with Crippen molar-refractivity contribution in [3.05, 3.63) is 59.7 Å². The summed E-state index contributed by atoms with van der Waals surface area (Å²) in [5, 5.41) is 11.1. The van der Waals surface area contributed by atoms with Crippen LogP contribution in [0.4, 0.5) is 13.2 Å². The first-order chi connectivity index (χ1) is 17.1. The highest BCUT2D eigenvalue weighted by atomic mass is 32.1. The Morgan fingerprint density at radius 2 is 1.97 bits per heavy atom. The molecule has 0 aromatic heterocycles. The largest absolute Gasteiger partial charge is 0.416 e. The summed E-state index contributed by atoms with van der Waals surface area (Å²) in [5.74, 6) is -0.218. The third kappa shape index (κ3) is 4.41. The summed E-state index contributed by atoms with van der Waals surface area (Å²) in [6, 6.07) is 3.95. The van der Waals surface area contributed by atoms with E-state index in [-0.39, 0.29) is 67.2 Å². The number of hydrogen-bond acceptors (Lipinski definition) is 5. The van der Waals surface area contributed by atoms with Crippen LogP contribution >= 0.6 is 12.2 Å². The minimum absolute atomic E-state index is 0.0733. The Labute approximate surface area is 210 Å². The fourth-order valence-corrected chi connectivity index (χ4v) is 5.26. The summed E-state index contributed by atoms with van der Waals surface area (Å²) in [6.45, 7) is 0.399. The van der Waals surface area contributed by atoms with E-state index in [1.807, 2.05) is 24.3 Å². The van der Waals surface area contributed by atoms with Crippen LogP contribution in [0.1, 0.15) is 36.8 Å². The molecule has 36 heavy (non-hydrogen) atoms.